The lowest BCUT2D eigenvalue weighted by molar-refractivity contribution is 0.0523. The molecule has 0 spiro atoms. The van der Waals surface area contributed by atoms with E-state index in [4.69, 9.17) is 10.5 Å². The number of rotatable bonds is 4. The topological polar surface area (TPSA) is 81.4 Å². The molecule has 0 aliphatic heterocycles. The molecule has 5 nitrogen and oxygen atoms in total. The number of hydrogen-bond acceptors (Lipinski definition) is 4. The Kier molecular flexibility index (Phi) is 4.57. The smallest absolute Gasteiger partial charge is 0.339 e. The normalized spacial score (nSPS) is 11.2. The molecule has 0 aliphatic rings. The number of esters is 1. The predicted molar refractivity (Wildman–Crippen MR) is 75.5 cm³/mol. The van der Waals surface area contributed by atoms with Crippen LogP contribution in [0.15, 0.2) is 0 Å². The molecule has 0 unspecified atom stereocenters. The van der Waals surface area contributed by atoms with E-state index in [1.165, 1.54) is 11.3 Å². The fourth-order valence-electron chi connectivity index (χ4n) is 1.88. The van der Waals surface area contributed by atoms with Crippen LogP contribution in [0.2, 0.25) is 0 Å². The van der Waals surface area contributed by atoms with Crippen LogP contribution in [0.1, 0.15) is 46.4 Å². The van der Waals surface area contributed by atoms with Crippen molar-refractivity contribution in [1.29, 1.82) is 0 Å². The van der Waals surface area contributed by atoms with Gasteiger partial charge in [0.2, 0.25) is 0 Å². The first-order valence-corrected chi connectivity index (χ1v) is 6.87. The van der Waals surface area contributed by atoms with Crippen molar-refractivity contribution in [3.8, 4) is 0 Å². The summed E-state index contributed by atoms with van der Waals surface area (Å²) in [5, 5.41) is 2.65. The van der Waals surface area contributed by atoms with E-state index in [0.29, 0.717) is 12.2 Å². The summed E-state index contributed by atoms with van der Waals surface area (Å²) in [4.78, 5) is 24.9. The maximum Gasteiger partial charge on any atom is 0.339 e. The highest BCUT2D eigenvalue weighted by Crippen LogP contribution is 2.35. The number of hydrogen-bond donors (Lipinski definition) is 2. The molecular formula is C13H20N2O3S. The van der Waals surface area contributed by atoms with E-state index >= 15 is 0 Å². The average Bonchev–Trinajstić information content (AvgIpc) is 2.55. The predicted octanol–water partition coefficient (Wildman–Crippen LogP) is 2.45. The zero-order valence-electron chi connectivity index (χ0n) is 11.9. The van der Waals surface area contributed by atoms with Crippen LogP contribution < -0.4 is 11.1 Å². The summed E-state index contributed by atoms with van der Waals surface area (Å²) < 4.78 is 5.09. The van der Waals surface area contributed by atoms with Gasteiger partial charge in [0.25, 0.3) is 0 Å². The van der Waals surface area contributed by atoms with Crippen molar-refractivity contribution < 1.29 is 14.3 Å². The van der Waals surface area contributed by atoms with Gasteiger partial charge in [0.05, 0.1) is 17.7 Å². The summed E-state index contributed by atoms with van der Waals surface area (Å²) in [5.41, 5.74) is 5.89. The minimum Gasteiger partial charge on any atom is -0.462 e. The number of amides is 2. The standard InChI is InChI=1S/C13H20N2O3S/c1-6-18-11(16)9-7(2)8(3)19-10(9)13(4,5)15-12(14)17/h6H2,1-5H3,(H3,14,15,17). The van der Waals surface area contributed by atoms with E-state index in [1.807, 2.05) is 27.7 Å². The van der Waals surface area contributed by atoms with E-state index in [-0.39, 0.29) is 5.97 Å². The second-order valence-corrected chi connectivity index (χ2v) is 6.05. The van der Waals surface area contributed by atoms with Crippen LogP contribution in [0.4, 0.5) is 4.79 Å². The third-order valence-corrected chi connectivity index (χ3v) is 4.40. The third-order valence-electron chi connectivity index (χ3n) is 2.87. The average molecular weight is 284 g/mol. The number of nitrogens with two attached hydrogens (primary N) is 1. The number of carbonyl (C=O) groups is 2. The lowest BCUT2D eigenvalue weighted by atomic mass is 9.97. The van der Waals surface area contributed by atoms with Crippen LogP contribution in [-0.4, -0.2) is 18.6 Å². The quantitative estimate of drug-likeness (QED) is 0.833. The van der Waals surface area contributed by atoms with Crippen LogP contribution in [0.3, 0.4) is 0 Å². The molecule has 0 bridgehead atoms. The van der Waals surface area contributed by atoms with Gasteiger partial charge in [-0.15, -0.1) is 11.3 Å². The molecule has 1 rings (SSSR count). The largest absolute Gasteiger partial charge is 0.462 e. The molecule has 0 aliphatic carbocycles. The Morgan fingerprint density at radius 1 is 1.37 bits per heavy atom. The lowest BCUT2D eigenvalue weighted by Crippen LogP contribution is -2.44. The molecule has 6 heteroatoms. The Morgan fingerprint density at radius 3 is 2.42 bits per heavy atom. The molecule has 1 aromatic heterocycles. The highest BCUT2D eigenvalue weighted by Gasteiger charge is 2.32. The highest BCUT2D eigenvalue weighted by molar-refractivity contribution is 7.12. The van der Waals surface area contributed by atoms with E-state index in [2.05, 4.69) is 5.32 Å². The van der Waals surface area contributed by atoms with Crippen molar-refractivity contribution in [3.05, 3.63) is 20.9 Å². The summed E-state index contributed by atoms with van der Waals surface area (Å²) in [6.45, 7) is 9.51. The molecule has 1 heterocycles. The van der Waals surface area contributed by atoms with E-state index < -0.39 is 11.6 Å². The van der Waals surface area contributed by atoms with Crippen molar-refractivity contribution in [1.82, 2.24) is 5.32 Å². The Bertz CT molecular complexity index is 506. The van der Waals surface area contributed by atoms with Gasteiger partial charge in [0, 0.05) is 9.75 Å². The minimum atomic E-state index is -0.711. The van der Waals surface area contributed by atoms with Gasteiger partial charge >= 0.3 is 12.0 Å². The maximum atomic E-state index is 12.1. The minimum absolute atomic E-state index is 0.316. The molecule has 2 amide bonds. The van der Waals surface area contributed by atoms with Gasteiger partial charge in [-0.3, -0.25) is 0 Å². The number of thiophene rings is 1. The molecule has 0 radical (unpaired) electrons. The van der Waals surface area contributed by atoms with Gasteiger partial charge in [-0.2, -0.15) is 0 Å². The fourth-order valence-corrected chi connectivity index (χ4v) is 3.09. The summed E-state index contributed by atoms with van der Waals surface area (Å²) in [6, 6.07) is -0.622. The van der Waals surface area contributed by atoms with Crippen LogP contribution in [-0.2, 0) is 10.3 Å². The maximum absolute atomic E-state index is 12.1. The number of carbonyl (C=O) groups excluding carboxylic acids is 2. The molecule has 0 fully saturated rings. The molecule has 3 N–H and O–H groups in total. The molecular weight excluding hydrogens is 264 g/mol. The SMILES string of the molecule is CCOC(=O)c1c(C(C)(C)NC(N)=O)sc(C)c1C. The molecule has 1 aromatic rings. The van der Waals surface area contributed by atoms with Gasteiger partial charge in [0.1, 0.15) is 0 Å². The Balaban J connectivity index is 3.31. The molecule has 19 heavy (non-hydrogen) atoms. The van der Waals surface area contributed by atoms with Crippen LogP contribution in [0, 0.1) is 13.8 Å². The van der Waals surface area contributed by atoms with Gasteiger partial charge in [-0.05, 0) is 40.2 Å². The van der Waals surface area contributed by atoms with Gasteiger partial charge < -0.3 is 15.8 Å². The molecule has 0 saturated heterocycles. The lowest BCUT2D eigenvalue weighted by Gasteiger charge is -2.25. The number of ether oxygens (including phenoxy) is 1. The first kappa shape index (κ1) is 15.5. The Morgan fingerprint density at radius 2 is 1.95 bits per heavy atom. The monoisotopic (exact) mass is 284 g/mol. The summed E-state index contributed by atoms with van der Waals surface area (Å²) in [6.07, 6.45) is 0. The van der Waals surface area contributed by atoms with Gasteiger partial charge in [-0.1, -0.05) is 0 Å². The summed E-state index contributed by atoms with van der Waals surface area (Å²) >= 11 is 1.47. The fraction of sp³-hybridized carbons (Fsp3) is 0.538. The Labute approximate surface area is 117 Å². The van der Waals surface area contributed by atoms with E-state index in [1.54, 1.807) is 6.92 Å². The highest BCUT2D eigenvalue weighted by atomic mass is 32.1. The molecule has 0 aromatic carbocycles. The van der Waals surface area contributed by atoms with Crippen molar-refractivity contribution in [2.45, 2.75) is 40.2 Å². The number of nitrogens with one attached hydrogen (secondary N) is 1. The molecule has 0 atom stereocenters. The number of urea groups is 1. The van der Waals surface area contributed by atoms with Crippen molar-refractivity contribution in [2.24, 2.45) is 5.73 Å². The van der Waals surface area contributed by atoms with E-state index in [0.717, 1.165) is 15.3 Å². The van der Waals surface area contributed by atoms with Gasteiger partial charge in [-0.25, -0.2) is 9.59 Å². The number of aryl methyl sites for hydroxylation is 1. The first-order valence-electron chi connectivity index (χ1n) is 6.06. The second kappa shape index (κ2) is 5.61. The third kappa shape index (κ3) is 3.26. The Hall–Kier alpha value is -1.56. The first-order chi connectivity index (χ1) is 8.70. The van der Waals surface area contributed by atoms with Crippen LogP contribution >= 0.6 is 11.3 Å². The summed E-state index contributed by atoms with van der Waals surface area (Å²) in [5.74, 6) is -0.362. The summed E-state index contributed by atoms with van der Waals surface area (Å²) in [7, 11) is 0. The number of primary amides is 1. The van der Waals surface area contributed by atoms with Crippen molar-refractivity contribution >= 4 is 23.3 Å². The molecule has 106 valence electrons. The molecule has 0 saturated carbocycles. The van der Waals surface area contributed by atoms with Crippen molar-refractivity contribution in [2.75, 3.05) is 6.61 Å². The zero-order valence-corrected chi connectivity index (χ0v) is 12.7. The van der Waals surface area contributed by atoms with Crippen LogP contribution in [0.5, 0.6) is 0 Å². The van der Waals surface area contributed by atoms with E-state index in [9.17, 15) is 9.59 Å². The zero-order chi connectivity index (χ0) is 14.8. The second-order valence-electron chi connectivity index (χ2n) is 4.82. The van der Waals surface area contributed by atoms with Crippen molar-refractivity contribution in [3.63, 3.8) is 0 Å². The van der Waals surface area contributed by atoms with Gasteiger partial charge in [0.15, 0.2) is 0 Å². The van der Waals surface area contributed by atoms with Crippen LogP contribution in [0.25, 0.3) is 0 Å².